The van der Waals surface area contributed by atoms with Crippen molar-refractivity contribution in [3.8, 4) is 17.2 Å². The number of carbonyl (C=O) groups is 1. The van der Waals surface area contributed by atoms with Gasteiger partial charge in [-0.3, -0.25) is 14.9 Å². The maximum Gasteiger partial charge on any atom is 0.389 e. The second-order valence-electron chi connectivity index (χ2n) is 6.60. The van der Waals surface area contributed by atoms with Crippen molar-refractivity contribution >= 4 is 11.5 Å². The van der Waals surface area contributed by atoms with Crippen LogP contribution in [0.3, 0.4) is 0 Å². The van der Waals surface area contributed by atoms with E-state index in [1.807, 2.05) is 0 Å². The van der Waals surface area contributed by atoms with Crippen LogP contribution in [0.2, 0.25) is 0 Å². The lowest BCUT2D eigenvalue weighted by Gasteiger charge is -2.18. The van der Waals surface area contributed by atoms with Crippen LogP contribution in [0, 0.1) is 10.1 Å². The van der Waals surface area contributed by atoms with E-state index in [1.54, 1.807) is 6.07 Å². The highest BCUT2D eigenvalue weighted by Gasteiger charge is 2.29. The van der Waals surface area contributed by atoms with Crippen molar-refractivity contribution in [3.05, 3.63) is 57.6 Å². The number of non-ortho nitro benzene ring substituents is 1. The Morgan fingerprint density at radius 2 is 1.84 bits per heavy atom. The summed E-state index contributed by atoms with van der Waals surface area (Å²) in [6.07, 6.45) is -5.48. The molecular formula is C21H22F3NO6. The predicted octanol–water partition coefficient (Wildman–Crippen LogP) is 5.15. The molecule has 0 amide bonds. The van der Waals surface area contributed by atoms with E-state index in [4.69, 9.17) is 14.2 Å². The largest absolute Gasteiger partial charge is 0.496 e. The highest BCUT2D eigenvalue weighted by molar-refractivity contribution is 5.97. The van der Waals surface area contributed by atoms with Crippen LogP contribution >= 0.6 is 0 Å². The number of ether oxygens (including phenoxy) is 3. The van der Waals surface area contributed by atoms with Crippen LogP contribution in [0.15, 0.2) is 36.4 Å². The number of alkyl halides is 3. The topological polar surface area (TPSA) is 87.9 Å². The molecule has 0 aliphatic heterocycles. The molecule has 0 bridgehead atoms. The van der Waals surface area contributed by atoms with Crippen LogP contribution in [0.4, 0.5) is 18.9 Å². The molecule has 7 nitrogen and oxygen atoms in total. The quantitative estimate of drug-likeness (QED) is 0.207. The summed E-state index contributed by atoms with van der Waals surface area (Å²) in [6, 6.07) is 8.62. The van der Waals surface area contributed by atoms with Crippen molar-refractivity contribution in [1.82, 2.24) is 0 Å². The average molecular weight is 441 g/mol. The van der Waals surface area contributed by atoms with Gasteiger partial charge < -0.3 is 14.2 Å². The average Bonchev–Trinajstić information content (AvgIpc) is 2.71. The molecular weight excluding hydrogens is 419 g/mol. The molecule has 0 aromatic heterocycles. The fraction of sp³-hybridized carbons (Fsp3) is 0.381. The van der Waals surface area contributed by atoms with Gasteiger partial charge in [0.1, 0.15) is 17.2 Å². The molecule has 2 aromatic rings. The molecule has 168 valence electrons. The Labute approximate surface area is 176 Å². The van der Waals surface area contributed by atoms with Gasteiger partial charge in [0.25, 0.3) is 5.69 Å². The maximum atomic E-state index is 12.8. The molecule has 0 heterocycles. The van der Waals surface area contributed by atoms with Crippen molar-refractivity contribution in [2.45, 2.75) is 32.4 Å². The van der Waals surface area contributed by atoms with Gasteiger partial charge in [-0.2, -0.15) is 13.2 Å². The van der Waals surface area contributed by atoms with Crippen LogP contribution in [0.1, 0.15) is 35.7 Å². The van der Waals surface area contributed by atoms with E-state index >= 15 is 0 Å². The Hall–Kier alpha value is -3.30. The molecule has 2 aromatic carbocycles. The Bertz CT molecular complexity index is 930. The Morgan fingerprint density at radius 3 is 2.45 bits per heavy atom. The van der Waals surface area contributed by atoms with Crippen molar-refractivity contribution < 1.29 is 37.1 Å². The zero-order chi connectivity index (χ0) is 23.0. The molecule has 10 heteroatoms. The Kier molecular flexibility index (Phi) is 8.23. The highest BCUT2D eigenvalue weighted by atomic mass is 19.4. The van der Waals surface area contributed by atoms with Crippen LogP contribution in [0.25, 0.3) is 0 Å². The van der Waals surface area contributed by atoms with Gasteiger partial charge in [-0.1, -0.05) is 6.07 Å². The van der Waals surface area contributed by atoms with Crippen LogP contribution in [0.5, 0.6) is 17.2 Å². The van der Waals surface area contributed by atoms with Gasteiger partial charge in [0.2, 0.25) is 0 Å². The second kappa shape index (κ2) is 10.6. The van der Waals surface area contributed by atoms with Gasteiger partial charge in [0.05, 0.1) is 36.9 Å². The molecule has 0 aliphatic rings. The van der Waals surface area contributed by atoms with E-state index in [2.05, 4.69) is 0 Å². The van der Waals surface area contributed by atoms with E-state index in [0.717, 1.165) is 0 Å². The first-order valence-electron chi connectivity index (χ1n) is 9.40. The standard InChI is InChI=1S/C21H22F3NO6/c1-14(26)17-7-8-19(18(20(17)29-2)9-10-21(22,23)24)31-12-4-11-30-16-6-3-5-15(13-16)25(27)28/h3,5-8,13H,4,9-12H2,1-2H3. The van der Waals surface area contributed by atoms with Crippen molar-refractivity contribution in [2.75, 3.05) is 20.3 Å². The second-order valence-corrected chi connectivity index (χ2v) is 6.60. The molecule has 0 aliphatic carbocycles. The summed E-state index contributed by atoms with van der Waals surface area (Å²) in [4.78, 5) is 22.0. The number of nitrogens with zero attached hydrogens (tertiary/aromatic N) is 1. The van der Waals surface area contributed by atoms with Gasteiger partial charge >= 0.3 is 6.18 Å². The van der Waals surface area contributed by atoms with E-state index in [1.165, 1.54) is 44.4 Å². The van der Waals surface area contributed by atoms with Crippen LogP contribution in [-0.4, -0.2) is 37.2 Å². The third-order valence-corrected chi connectivity index (χ3v) is 4.30. The minimum Gasteiger partial charge on any atom is -0.496 e. The third-order valence-electron chi connectivity index (χ3n) is 4.30. The summed E-state index contributed by atoms with van der Waals surface area (Å²) in [5.41, 5.74) is 0.258. The van der Waals surface area contributed by atoms with Crippen molar-refractivity contribution in [2.24, 2.45) is 0 Å². The first-order valence-corrected chi connectivity index (χ1v) is 9.40. The summed E-state index contributed by atoms with van der Waals surface area (Å²) >= 11 is 0. The van der Waals surface area contributed by atoms with Gasteiger partial charge in [-0.05, 0) is 31.5 Å². The molecule has 0 unspecified atom stereocenters. The molecule has 0 atom stereocenters. The number of rotatable bonds is 11. The molecule has 0 saturated carbocycles. The monoisotopic (exact) mass is 441 g/mol. The molecule has 0 spiro atoms. The number of Topliss-reactive ketones (excluding diaryl/α,β-unsaturated/α-hetero) is 1. The fourth-order valence-corrected chi connectivity index (χ4v) is 2.88. The number of hydrogen-bond acceptors (Lipinski definition) is 6. The molecule has 0 saturated heterocycles. The third kappa shape index (κ3) is 7.16. The summed E-state index contributed by atoms with van der Waals surface area (Å²) in [7, 11) is 1.29. The van der Waals surface area contributed by atoms with E-state index in [-0.39, 0.29) is 47.3 Å². The molecule has 2 rings (SSSR count). The summed E-state index contributed by atoms with van der Waals surface area (Å²) in [5.74, 6) is 0.262. The lowest BCUT2D eigenvalue weighted by molar-refractivity contribution is -0.384. The number of ketones is 1. The lowest BCUT2D eigenvalue weighted by Crippen LogP contribution is -2.12. The fourth-order valence-electron chi connectivity index (χ4n) is 2.88. The van der Waals surface area contributed by atoms with Crippen molar-refractivity contribution in [3.63, 3.8) is 0 Å². The maximum absolute atomic E-state index is 12.8. The van der Waals surface area contributed by atoms with Gasteiger partial charge in [-0.15, -0.1) is 0 Å². The summed E-state index contributed by atoms with van der Waals surface area (Å²) < 4.78 is 54.6. The highest BCUT2D eigenvalue weighted by Crippen LogP contribution is 2.36. The number of benzene rings is 2. The minimum atomic E-state index is -4.37. The van der Waals surface area contributed by atoms with Crippen LogP contribution < -0.4 is 14.2 Å². The number of carbonyl (C=O) groups excluding carboxylic acids is 1. The summed E-state index contributed by atoms with van der Waals surface area (Å²) in [6.45, 7) is 1.61. The number of methoxy groups -OCH3 is 1. The minimum absolute atomic E-state index is 0.0714. The van der Waals surface area contributed by atoms with Gasteiger partial charge in [-0.25, -0.2) is 0 Å². The van der Waals surface area contributed by atoms with Crippen molar-refractivity contribution in [1.29, 1.82) is 0 Å². The van der Waals surface area contributed by atoms with Gasteiger partial charge in [0.15, 0.2) is 5.78 Å². The van der Waals surface area contributed by atoms with E-state index in [9.17, 15) is 28.1 Å². The summed E-state index contributed by atoms with van der Waals surface area (Å²) in [5, 5.41) is 10.8. The predicted molar refractivity (Wildman–Crippen MR) is 106 cm³/mol. The first-order chi connectivity index (χ1) is 14.6. The normalized spacial score (nSPS) is 11.1. The molecule has 0 fully saturated rings. The lowest BCUT2D eigenvalue weighted by atomic mass is 10.0. The number of halogens is 3. The Morgan fingerprint density at radius 1 is 1.13 bits per heavy atom. The molecule has 31 heavy (non-hydrogen) atoms. The first kappa shape index (κ1) is 24.0. The smallest absolute Gasteiger partial charge is 0.389 e. The zero-order valence-corrected chi connectivity index (χ0v) is 17.0. The van der Waals surface area contributed by atoms with Gasteiger partial charge in [0, 0.05) is 24.5 Å². The van der Waals surface area contributed by atoms with E-state index < -0.39 is 23.9 Å². The van der Waals surface area contributed by atoms with E-state index in [0.29, 0.717) is 12.2 Å². The number of nitro groups is 1. The molecule has 0 N–H and O–H groups in total. The molecule has 0 radical (unpaired) electrons. The Balaban J connectivity index is 2.03. The number of nitro benzene ring substituents is 1. The zero-order valence-electron chi connectivity index (χ0n) is 17.0. The SMILES string of the molecule is COc1c(C(C)=O)ccc(OCCCOc2cccc([N+](=O)[O-])c2)c1CCC(F)(F)F. The van der Waals surface area contributed by atoms with Crippen LogP contribution in [-0.2, 0) is 6.42 Å². The number of hydrogen-bond donors (Lipinski definition) is 0.